The second-order valence-corrected chi connectivity index (χ2v) is 5.45. The number of amides is 1. The molecule has 1 aliphatic heterocycles. The van der Waals surface area contributed by atoms with Crippen molar-refractivity contribution in [3.63, 3.8) is 0 Å². The summed E-state index contributed by atoms with van der Waals surface area (Å²) < 4.78 is 0. The molecule has 94 valence electrons. The van der Waals surface area contributed by atoms with Crippen molar-refractivity contribution < 1.29 is 9.90 Å². The number of hydrogen-bond donors (Lipinski definition) is 1. The van der Waals surface area contributed by atoms with Gasteiger partial charge in [-0.3, -0.25) is 9.69 Å². The fourth-order valence-corrected chi connectivity index (χ4v) is 2.60. The Morgan fingerprint density at radius 3 is 2.56 bits per heavy atom. The number of carbonyl (C=O) groups is 1. The zero-order chi connectivity index (χ0) is 12.3. The molecule has 4 nitrogen and oxygen atoms in total. The van der Waals surface area contributed by atoms with E-state index in [1.54, 1.807) is 4.90 Å². The van der Waals surface area contributed by atoms with Crippen LogP contribution in [0.15, 0.2) is 0 Å². The number of rotatable bonds is 3. The lowest BCUT2D eigenvalue weighted by Gasteiger charge is -2.31. The van der Waals surface area contributed by atoms with Gasteiger partial charge in [0.2, 0.25) is 5.91 Å². The molecule has 0 saturated carbocycles. The third-order valence-electron chi connectivity index (χ3n) is 3.21. The monoisotopic (exact) mass is 228 g/mol. The average Bonchev–Trinajstić information content (AvgIpc) is 2.27. The highest BCUT2D eigenvalue weighted by Crippen LogP contribution is 2.25. The summed E-state index contributed by atoms with van der Waals surface area (Å²) in [6.07, 6.45) is 0.535. The summed E-state index contributed by atoms with van der Waals surface area (Å²) in [5, 5.41) is 9.06. The van der Waals surface area contributed by atoms with Crippen molar-refractivity contribution in [2.45, 2.75) is 33.2 Å². The van der Waals surface area contributed by atoms with Crippen molar-refractivity contribution >= 4 is 5.91 Å². The van der Waals surface area contributed by atoms with Crippen LogP contribution in [0.3, 0.4) is 0 Å². The largest absolute Gasteiger partial charge is 0.396 e. The Morgan fingerprint density at radius 2 is 2.06 bits per heavy atom. The first-order chi connectivity index (χ1) is 7.41. The van der Waals surface area contributed by atoms with Gasteiger partial charge in [0.25, 0.3) is 0 Å². The van der Waals surface area contributed by atoms with Gasteiger partial charge in [-0.25, -0.2) is 0 Å². The van der Waals surface area contributed by atoms with Crippen LogP contribution >= 0.6 is 0 Å². The van der Waals surface area contributed by atoms with Gasteiger partial charge in [-0.1, -0.05) is 20.8 Å². The number of aliphatic hydroxyl groups excluding tert-OH is 1. The van der Waals surface area contributed by atoms with Gasteiger partial charge in [0.1, 0.15) is 0 Å². The lowest BCUT2D eigenvalue weighted by molar-refractivity contribution is -0.134. The van der Waals surface area contributed by atoms with Crippen LogP contribution in [0.4, 0.5) is 0 Å². The summed E-state index contributed by atoms with van der Waals surface area (Å²) in [5.41, 5.74) is 0.116. The van der Waals surface area contributed by atoms with Crippen LogP contribution in [0.5, 0.6) is 0 Å². The van der Waals surface area contributed by atoms with E-state index in [1.807, 2.05) is 7.05 Å². The molecule has 4 heteroatoms. The van der Waals surface area contributed by atoms with Crippen molar-refractivity contribution in [3.05, 3.63) is 0 Å². The van der Waals surface area contributed by atoms with Crippen LogP contribution in [-0.2, 0) is 4.79 Å². The summed E-state index contributed by atoms with van der Waals surface area (Å²) >= 11 is 0. The summed E-state index contributed by atoms with van der Waals surface area (Å²) in [5.74, 6) is 0.140. The normalized spacial score (nSPS) is 26.9. The zero-order valence-electron chi connectivity index (χ0n) is 10.9. The van der Waals surface area contributed by atoms with Gasteiger partial charge >= 0.3 is 0 Å². The molecule has 1 aliphatic rings. The molecule has 1 heterocycles. The molecule has 0 aliphatic carbocycles. The Kier molecular flexibility index (Phi) is 4.33. The van der Waals surface area contributed by atoms with Gasteiger partial charge in [0, 0.05) is 26.7 Å². The minimum absolute atomic E-state index is 0.0706. The second kappa shape index (κ2) is 5.15. The van der Waals surface area contributed by atoms with Crippen LogP contribution in [0, 0.1) is 5.41 Å². The highest BCUT2D eigenvalue weighted by Gasteiger charge is 2.36. The standard InChI is InChI=1S/C12H24N2O2/c1-5-14-9-12(2,3)8-13(4)11(16)10(14)6-7-15/h10,15H,5-9H2,1-4H3. The maximum Gasteiger partial charge on any atom is 0.239 e. The van der Waals surface area contributed by atoms with E-state index in [9.17, 15) is 4.79 Å². The topological polar surface area (TPSA) is 43.8 Å². The van der Waals surface area contributed by atoms with E-state index in [2.05, 4.69) is 25.7 Å². The van der Waals surface area contributed by atoms with Crippen LogP contribution in [-0.4, -0.2) is 60.1 Å². The highest BCUT2D eigenvalue weighted by molar-refractivity contribution is 5.82. The van der Waals surface area contributed by atoms with E-state index in [0.717, 1.165) is 19.6 Å². The molecule has 1 unspecified atom stereocenters. The maximum absolute atomic E-state index is 12.2. The number of likely N-dealkylation sites (N-methyl/N-ethyl adjacent to an activating group) is 2. The van der Waals surface area contributed by atoms with Gasteiger partial charge < -0.3 is 10.0 Å². The Hall–Kier alpha value is -0.610. The van der Waals surface area contributed by atoms with E-state index >= 15 is 0 Å². The van der Waals surface area contributed by atoms with Crippen molar-refractivity contribution in [2.75, 3.05) is 33.3 Å². The van der Waals surface area contributed by atoms with E-state index in [-0.39, 0.29) is 24.0 Å². The Balaban J connectivity index is 2.91. The molecule has 0 bridgehead atoms. The highest BCUT2D eigenvalue weighted by atomic mass is 16.3. The van der Waals surface area contributed by atoms with E-state index in [1.165, 1.54) is 0 Å². The van der Waals surface area contributed by atoms with Crippen molar-refractivity contribution in [1.29, 1.82) is 0 Å². The summed E-state index contributed by atoms with van der Waals surface area (Å²) in [6.45, 7) is 9.05. The van der Waals surface area contributed by atoms with E-state index < -0.39 is 0 Å². The third kappa shape index (κ3) is 2.95. The summed E-state index contributed by atoms with van der Waals surface area (Å²) in [6, 6.07) is -0.151. The minimum Gasteiger partial charge on any atom is -0.396 e. The lowest BCUT2D eigenvalue weighted by atomic mass is 9.92. The molecule has 1 saturated heterocycles. The van der Waals surface area contributed by atoms with Crippen LogP contribution < -0.4 is 0 Å². The molecule has 1 N–H and O–H groups in total. The lowest BCUT2D eigenvalue weighted by Crippen LogP contribution is -2.45. The zero-order valence-corrected chi connectivity index (χ0v) is 10.9. The Bertz CT molecular complexity index is 253. The predicted molar refractivity (Wildman–Crippen MR) is 64.2 cm³/mol. The van der Waals surface area contributed by atoms with Gasteiger partial charge in [0.05, 0.1) is 6.04 Å². The van der Waals surface area contributed by atoms with Gasteiger partial charge in [-0.05, 0) is 18.4 Å². The van der Waals surface area contributed by atoms with Crippen LogP contribution in [0.25, 0.3) is 0 Å². The number of aliphatic hydroxyl groups is 1. The quantitative estimate of drug-likeness (QED) is 0.767. The van der Waals surface area contributed by atoms with Gasteiger partial charge in [-0.2, -0.15) is 0 Å². The molecule has 1 rings (SSSR count). The fourth-order valence-electron chi connectivity index (χ4n) is 2.60. The SMILES string of the molecule is CCN1CC(C)(C)CN(C)C(=O)C1CCO. The molecule has 0 aromatic rings. The molecule has 1 atom stereocenters. The molecule has 0 aromatic heterocycles. The van der Waals surface area contributed by atoms with Crippen molar-refractivity contribution in [1.82, 2.24) is 9.80 Å². The third-order valence-corrected chi connectivity index (χ3v) is 3.21. The van der Waals surface area contributed by atoms with Crippen LogP contribution in [0.2, 0.25) is 0 Å². The smallest absolute Gasteiger partial charge is 0.239 e. The van der Waals surface area contributed by atoms with E-state index in [0.29, 0.717) is 6.42 Å². The molecule has 0 spiro atoms. The minimum atomic E-state index is -0.151. The van der Waals surface area contributed by atoms with E-state index in [4.69, 9.17) is 5.11 Å². The summed E-state index contributed by atoms with van der Waals surface area (Å²) in [4.78, 5) is 16.1. The first kappa shape index (κ1) is 13.5. The van der Waals surface area contributed by atoms with Crippen LogP contribution in [0.1, 0.15) is 27.2 Å². The van der Waals surface area contributed by atoms with Crippen molar-refractivity contribution in [2.24, 2.45) is 5.41 Å². The predicted octanol–water partition coefficient (Wildman–Crippen LogP) is 0.557. The second-order valence-electron chi connectivity index (χ2n) is 5.45. The number of nitrogens with zero attached hydrogens (tertiary/aromatic N) is 2. The molecule has 16 heavy (non-hydrogen) atoms. The van der Waals surface area contributed by atoms with Crippen molar-refractivity contribution in [3.8, 4) is 0 Å². The van der Waals surface area contributed by atoms with Gasteiger partial charge in [0.15, 0.2) is 0 Å². The molecular weight excluding hydrogens is 204 g/mol. The first-order valence-corrected chi connectivity index (χ1v) is 6.01. The Morgan fingerprint density at radius 1 is 1.44 bits per heavy atom. The van der Waals surface area contributed by atoms with Gasteiger partial charge in [-0.15, -0.1) is 0 Å². The molecule has 0 aromatic carbocycles. The molecule has 0 radical (unpaired) electrons. The number of hydrogen-bond acceptors (Lipinski definition) is 3. The maximum atomic E-state index is 12.2. The Labute approximate surface area is 98.2 Å². The molecular formula is C12H24N2O2. The number of carbonyl (C=O) groups excluding carboxylic acids is 1. The fraction of sp³-hybridized carbons (Fsp3) is 0.917. The summed E-state index contributed by atoms with van der Waals surface area (Å²) in [7, 11) is 1.85. The average molecular weight is 228 g/mol. The molecule has 1 fully saturated rings. The first-order valence-electron chi connectivity index (χ1n) is 6.01. The molecule has 1 amide bonds.